The largest absolute Gasteiger partial charge is 0.352 e. The van der Waals surface area contributed by atoms with Gasteiger partial charge in [-0.2, -0.15) is 0 Å². The minimum absolute atomic E-state index is 0.0134. The molecule has 4 heteroatoms. The number of allylic oxidation sites excluding steroid dienone is 1. The smallest absolute Gasteiger partial charge is 0.246 e. The topological polar surface area (TPSA) is 49.4 Å². The highest BCUT2D eigenvalue weighted by Gasteiger charge is 2.26. The summed E-state index contributed by atoms with van der Waals surface area (Å²) in [7, 11) is 0. The van der Waals surface area contributed by atoms with Crippen molar-refractivity contribution in [1.82, 2.24) is 10.2 Å². The molecule has 1 aliphatic heterocycles. The van der Waals surface area contributed by atoms with Gasteiger partial charge in [0.1, 0.15) is 0 Å². The summed E-state index contributed by atoms with van der Waals surface area (Å²) < 4.78 is 0. The van der Waals surface area contributed by atoms with Gasteiger partial charge in [-0.1, -0.05) is 35.9 Å². The molecule has 4 nitrogen and oxygen atoms in total. The Morgan fingerprint density at radius 1 is 1.18 bits per heavy atom. The van der Waals surface area contributed by atoms with E-state index in [4.69, 9.17) is 0 Å². The Hall–Kier alpha value is -2.10. The second-order valence-electron chi connectivity index (χ2n) is 6.02. The third kappa shape index (κ3) is 4.72. The highest BCUT2D eigenvalue weighted by Crippen LogP contribution is 2.18. The van der Waals surface area contributed by atoms with Gasteiger partial charge in [-0.25, -0.2) is 0 Å². The number of nitrogens with one attached hydrogen (secondary N) is 1. The quantitative estimate of drug-likeness (QED) is 0.869. The van der Waals surface area contributed by atoms with Crippen LogP contribution in [0.3, 0.4) is 0 Å². The number of carbonyl (C=O) groups is 2. The van der Waals surface area contributed by atoms with Gasteiger partial charge in [0.15, 0.2) is 0 Å². The van der Waals surface area contributed by atoms with Crippen LogP contribution >= 0.6 is 0 Å². The van der Waals surface area contributed by atoms with Crippen LogP contribution in [0.5, 0.6) is 0 Å². The number of amides is 2. The molecule has 0 saturated carbocycles. The second kappa shape index (κ2) is 7.78. The highest BCUT2D eigenvalue weighted by atomic mass is 16.2. The number of hydrogen-bond acceptors (Lipinski definition) is 2. The van der Waals surface area contributed by atoms with Crippen LogP contribution in [-0.2, 0) is 16.1 Å². The van der Waals surface area contributed by atoms with Crippen LogP contribution in [0.1, 0.15) is 32.3 Å². The van der Waals surface area contributed by atoms with Gasteiger partial charge in [-0.15, -0.1) is 0 Å². The molecule has 1 heterocycles. The van der Waals surface area contributed by atoms with Crippen LogP contribution < -0.4 is 5.32 Å². The Balaban J connectivity index is 1.77. The normalized spacial score (nSPS) is 15.3. The molecule has 22 heavy (non-hydrogen) atoms. The zero-order valence-corrected chi connectivity index (χ0v) is 13.3. The summed E-state index contributed by atoms with van der Waals surface area (Å²) in [5.41, 5.74) is 2.11. The maximum atomic E-state index is 12.2. The SMILES string of the molecule is CC(C)=CC(=O)N1CCC(C(=O)NCc2ccccc2)CC1. The minimum Gasteiger partial charge on any atom is -0.352 e. The second-order valence-corrected chi connectivity index (χ2v) is 6.02. The van der Waals surface area contributed by atoms with E-state index in [1.54, 1.807) is 6.08 Å². The monoisotopic (exact) mass is 300 g/mol. The Kier molecular flexibility index (Phi) is 5.75. The van der Waals surface area contributed by atoms with Gasteiger partial charge in [-0.05, 0) is 32.3 Å². The minimum atomic E-state index is 0.0134. The van der Waals surface area contributed by atoms with Gasteiger partial charge < -0.3 is 10.2 Å². The predicted octanol–water partition coefficient (Wildman–Crippen LogP) is 2.51. The lowest BCUT2D eigenvalue weighted by Crippen LogP contribution is -2.42. The van der Waals surface area contributed by atoms with Crippen molar-refractivity contribution < 1.29 is 9.59 Å². The average Bonchev–Trinajstić information content (AvgIpc) is 2.53. The summed E-state index contributed by atoms with van der Waals surface area (Å²) >= 11 is 0. The summed E-state index contributed by atoms with van der Waals surface area (Å²) in [6.45, 7) is 5.72. The Morgan fingerprint density at radius 2 is 1.82 bits per heavy atom. The van der Waals surface area contributed by atoms with Crippen LogP contribution in [0.25, 0.3) is 0 Å². The first-order valence-corrected chi connectivity index (χ1v) is 7.81. The maximum Gasteiger partial charge on any atom is 0.246 e. The van der Waals surface area contributed by atoms with Crippen LogP contribution in [0.15, 0.2) is 42.0 Å². The molecule has 0 aliphatic carbocycles. The fourth-order valence-electron chi connectivity index (χ4n) is 2.63. The number of nitrogens with zero attached hydrogens (tertiary/aromatic N) is 1. The molecule has 1 N–H and O–H groups in total. The molecule has 0 radical (unpaired) electrons. The summed E-state index contributed by atoms with van der Waals surface area (Å²) in [6, 6.07) is 9.90. The molecule has 0 spiro atoms. The van der Waals surface area contributed by atoms with Gasteiger partial charge in [0, 0.05) is 31.6 Å². The Labute approximate surface area is 132 Å². The van der Waals surface area contributed by atoms with Crippen molar-refractivity contribution in [3.05, 3.63) is 47.5 Å². The van der Waals surface area contributed by atoms with Gasteiger partial charge in [0.2, 0.25) is 11.8 Å². The van der Waals surface area contributed by atoms with Crippen molar-refractivity contribution in [2.45, 2.75) is 33.2 Å². The van der Waals surface area contributed by atoms with Gasteiger partial charge >= 0.3 is 0 Å². The molecule has 118 valence electrons. The number of likely N-dealkylation sites (tertiary alicyclic amines) is 1. The molecule has 0 aromatic heterocycles. The summed E-state index contributed by atoms with van der Waals surface area (Å²) in [5.74, 6) is 0.167. The van der Waals surface area contributed by atoms with Crippen molar-refractivity contribution in [2.24, 2.45) is 5.92 Å². The molecule has 1 aliphatic rings. The van der Waals surface area contributed by atoms with E-state index >= 15 is 0 Å². The molecule has 0 unspecified atom stereocenters. The fraction of sp³-hybridized carbons (Fsp3) is 0.444. The predicted molar refractivity (Wildman–Crippen MR) is 87.0 cm³/mol. The van der Waals surface area contributed by atoms with Crippen LogP contribution in [0.4, 0.5) is 0 Å². The fourth-order valence-corrected chi connectivity index (χ4v) is 2.63. The third-order valence-electron chi connectivity index (χ3n) is 3.90. The van der Waals surface area contributed by atoms with E-state index in [1.807, 2.05) is 49.1 Å². The number of hydrogen-bond donors (Lipinski definition) is 1. The number of benzene rings is 1. The first-order valence-electron chi connectivity index (χ1n) is 7.81. The number of rotatable bonds is 4. The molecule has 2 amide bonds. The van der Waals surface area contributed by atoms with Gasteiger partial charge in [-0.3, -0.25) is 9.59 Å². The van der Waals surface area contributed by atoms with E-state index in [9.17, 15) is 9.59 Å². The molecule has 0 bridgehead atoms. The van der Waals surface area contributed by atoms with E-state index in [-0.39, 0.29) is 17.7 Å². The summed E-state index contributed by atoms with van der Waals surface area (Å²) in [6.07, 6.45) is 3.14. The molecular formula is C18H24N2O2. The first-order chi connectivity index (χ1) is 10.6. The highest BCUT2D eigenvalue weighted by molar-refractivity contribution is 5.88. The van der Waals surface area contributed by atoms with E-state index < -0.39 is 0 Å². The lowest BCUT2D eigenvalue weighted by atomic mass is 9.95. The van der Waals surface area contributed by atoms with Crippen molar-refractivity contribution in [3.8, 4) is 0 Å². The molecule has 1 aromatic carbocycles. The number of piperidine rings is 1. The van der Waals surface area contributed by atoms with Crippen molar-refractivity contribution in [2.75, 3.05) is 13.1 Å². The molecule has 1 fully saturated rings. The van der Waals surface area contributed by atoms with Crippen LogP contribution in [-0.4, -0.2) is 29.8 Å². The van der Waals surface area contributed by atoms with Crippen LogP contribution in [0, 0.1) is 5.92 Å². The number of carbonyl (C=O) groups excluding carboxylic acids is 2. The van der Waals surface area contributed by atoms with E-state index in [0.717, 1.165) is 24.0 Å². The Morgan fingerprint density at radius 3 is 2.41 bits per heavy atom. The molecule has 1 saturated heterocycles. The lowest BCUT2D eigenvalue weighted by Gasteiger charge is -2.30. The summed E-state index contributed by atoms with van der Waals surface area (Å²) in [4.78, 5) is 26.0. The Bertz CT molecular complexity index is 539. The third-order valence-corrected chi connectivity index (χ3v) is 3.90. The van der Waals surface area contributed by atoms with Crippen molar-refractivity contribution in [1.29, 1.82) is 0 Å². The molecular weight excluding hydrogens is 276 g/mol. The van der Waals surface area contributed by atoms with Crippen molar-refractivity contribution in [3.63, 3.8) is 0 Å². The van der Waals surface area contributed by atoms with E-state index in [2.05, 4.69) is 5.32 Å². The first kappa shape index (κ1) is 16.3. The molecule has 1 aromatic rings. The molecule has 0 atom stereocenters. The van der Waals surface area contributed by atoms with Crippen LogP contribution in [0.2, 0.25) is 0 Å². The zero-order valence-electron chi connectivity index (χ0n) is 13.3. The standard InChI is InChI=1S/C18H24N2O2/c1-14(2)12-17(21)20-10-8-16(9-11-20)18(22)19-13-15-6-4-3-5-7-15/h3-7,12,16H,8-11,13H2,1-2H3,(H,19,22). The van der Waals surface area contributed by atoms with Gasteiger partial charge in [0.05, 0.1) is 0 Å². The van der Waals surface area contributed by atoms with Crippen molar-refractivity contribution >= 4 is 11.8 Å². The lowest BCUT2D eigenvalue weighted by molar-refractivity contribution is -0.132. The van der Waals surface area contributed by atoms with E-state index in [0.29, 0.717) is 19.6 Å². The maximum absolute atomic E-state index is 12.2. The summed E-state index contributed by atoms with van der Waals surface area (Å²) in [5, 5.41) is 2.99. The average molecular weight is 300 g/mol. The molecule has 2 rings (SSSR count). The zero-order chi connectivity index (χ0) is 15.9. The van der Waals surface area contributed by atoms with Gasteiger partial charge in [0.25, 0.3) is 0 Å². The van der Waals surface area contributed by atoms with E-state index in [1.165, 1.54) is 0 Å².